The van der Waals surface area contributed by atoms with Crippen LogP contribution in [0.3, 0.4) is 0 Å². The molecule has 2 aliphatic heterocycles. The Hall–Kier alpha value is -2.58. The van der Waals surface area contributed by atoms with Crippen molar-refractivity contribution in [2.75, 3.05) is 36.5 Å². The number of hydrogen-bond acceptors (Lipinski definition) is 5. The first-order valence-electron chi connectivity index (χ1n) is 11.8. The van der Waals surface area contributed by atoms with Crippen LogP contribution in [0.1, 0.15) is 44.7 Å². The lowest BCUT2D eigenvalue weighted by molar-refractivity contribution is -0.126. The van der Waals surface area contributed by atoms with Gasteiger partial charge in [-0.1, -0.05) is 18.5 Å². The van der Waals surface area contributed by atoms with E-state index in [2.05, 4.69) is 15.5 Å². The highest BCUT2D eigenvalue weighted by Gasteiger charge is 2.30. The van der Waals surface area contributed by atoms with Gasteiger partial charge in [0.05, 0.1) is 17.5 Å². The van der Waals surface area contributed by atoms with Gasteiger partial charge in [0.1, 0.15) is 5.69 Å². The van der Waals surface area contributed by atoms with Gasteiger partial charge in [-0.15, -0.1) is 0 Å². The molecule has 1 aromatic heterocycles. The van der Waals surface area contributed by atoms with Crippen LogP contribution in [0.25, 0.3) is 5.69 Å². The fourth-order valence-electron chi connectivity index (χ4n) is 4.46. The summed E-state index contributed by atoms with van der Waals surface area (Å²) in [6.45, 7) is 6.50. The van der Waals surface area contributed by atoms with Gasteiger partial charge in [-0.3, -0.25) is 9.59 Å². The van der Waals surface area contributed by atoms with E-state index >= 15 is 0 Å². The number of benzene rings is 1. The Balaban J connectivity index is 1.50. The lowest BCUT2D eigenvalue weighted by Crippen LogP contribution is -2.43. The largest absolute Gasteiger partial charge is 0.376 e. The van der Waals surface area contributed by atoms with Gasteiger partial charge in [0.15, 0.2) is 5.82 Å². The number of nitrogens with zero attached hydrogens (tertiary/aromatic N) is 3. The summed E-state index contributed by atoms with van der Waals surface area (Å²) in [5.41, 5.74) is 2.34. The third-order valence-electron chi connectivity index (χ3n) is 6.39. The molecule has 2 aromatic rings. The number of halogens is 1. The predicted octanol–water partition coefficient (Wildman–Crippen LogP) is 3.69. The first-order valence-corrected chi connectivity index (χ1v) is 12.1. The lowest BCUT2D eigenvalue weighted by atomic mass is 9.95. The number of ether oxygens (including phenoxy) is 1. The van der Waals surface area contributed by atoms with Crippen molar-refractivity contribution >= 4 is 34.9 Å². The van der Waals surface area contributed by atoms with E-state index in [4.69, 9.17) is 21.4 Å². The summed E-state index contributed by atoms with van der Waals surface area (Å²) in [4.78, 5) is 27.1. The zero-order valence-corrected chi connectivity index (χ0v) is 20.0. The minimum atomic E-state index is -0.0570. The minimum absolute atomic E-state index is 0.0238. The number of carbonyl (C=O) groups is 2. The maximum absolute atomic E-state index is 12.7. The number of amides is 2. The van der Waals surface area contributed by atoms with Crippen molar-refractivity contribution < 1.29 is 14.3 Å². The number of piperidine rings is 1. The molecule has 178 valence electrons. The smallest absolute Gasteiger partial charge is 0.224 e. The van der Waals surface area contributed by atoms with Gasteiger partial charge in [-0.2, -0.15) is 5.10 Å². The highest BCUT2D eigenvalue weighted by Crippen LogP contribution is 2.35. The molecule has 2 fully saturated rings. The quantitative estimate of drug-likeness (QED) is 0.640. The summed E-state index contributed by atoms with van der Waals surface area (Å²) in [6.07, 6.45) is 4.09. The Morgan fingerprint density at radius 3 is 2.55 bits per heavy atom. The molecule has 0 bridgehead atoms. The fraction of sp³-hybridized carbons (Fsp3) is 0.542. The Morgan fingerprint density at radius 1 is 1.18 bits per heavy atom. The van der Waals surface area contributed by atoms with E-state index in [9.17, 15) is 9.59 Å². The summed E-state index contributed by atoms with van der Waals surface area (Å²) in [6, 6.07) is 7.48. The average Bonchev–Trinajstić information content (AvgIpc) is 3.46. The highest BCUT2D eigenvalue weighted by atomic mass is 35.5. The van der Waals surface area contributed by atoms with Crippen molar-refractivity contribution in [1.82, 2.24) is 15.1 Å². The summed E-state index contributed by atoms with van der Waals surface area (Å²) in [5.74, 6) is 0.865. The van der Waals surface area contributed by atoms with E-state index in [1.54, 1.807) is 0 Å². The predicted molar refractivity (Wildman–Crippen MR) is 129 cm³/mol. The first-order chi connectivity index (χ1) is 16.0. The molecular weight excluding hydrogens is 442 g/mol. The average molecular weight is 474 g/mol. The molecule has 2 aliphatic rings. The molecule has 2 amide bonds. The van der Waals surface area contributed by atoms with E-state index in [-0.39, 0.29) is 23.8 Å². The normalized spacial score (nSPS) is 19.0. The number of aromatic nitrogens is 2. The molecule has 3 heterocycles. The van der Waals surface area contributed by atoms with Crippen molar-refractivity contribution in [3.8, 4) is 5.69 Å². The molecular formula is C24H32ClN5O3. The third kappa shape index (κ3) is 5.50. The zero-order chi connectivity index (χ0) is 23.4. The number of anilines is 2. The summed E-state index contributed by atoms with van der Waals surface area (Å²) < 4.78 is 7.47. The van der Waals surface area contributed by atoms with Crippen LogP contribution < -0.4 is 15.5 Å². The van der Waals surface area contributed by atoms with Crippen molar-refractivity contribution in [2.24, 2.45) is 5.92 Å². The molecule has 1 aromatic carbocycles. The second kappa shape index (κ2) is 10.6. The van der Waals surface area contributed by atoms with Gasteiger partial charge < -0.3 is 20.3 Å². The van der Waals surface area contributed by atoms with Gasteiger partial charge in [-0.05, 0) is 56.9 Å². The number of nitrogens with one attached hydrogen (secondary N) is 2. The van der Waals surface area contributed by atoms with Crippen LogP contribution in [0, 0.1) is 12.8 Å². The second-order valence-corrected chi connectivity index (χ2v) is 9.15. The second-order valence-electron chi connectivity index (χ2n) is 8.72. The monoisotopic (exact) mass is 473 g/mol. The lowest BCUT2D eigenvalue weighted by Gasteiger charge is -2.33. The Bertz CT molecular complexity index is 977. The van der Waals surface area contributed by atoms with Gasteiger partial charge in [0.2, 0.25) is 11.8 Å². The number of aryl methyl sites for hydroxylation is 1. The van der Waals surface area contributed by atoms with Crippen molar-refractivity contribution in [1.29, 1.82) is 0 Å². The number of rotatable bonds is 7. The SMILES string of the molecule is CCC(=O)Nc1c(C)nn(-c2ccc(Cl)cc2)c1N1CCC(C(=O)NC[C@H]2CCCO2)CC1. The van der Waals surface area contributed by atoms with E-state index < -0.39 is 0 Å². The van der Waals surface area contributed by atoms with Gasteiger partial charge >= 0.3 is 0 Å². The van der Waals surface area contributed by atoms with Crippen LogP contribution in [0.2, 0.25) is 5.02 Å². The van der Waals surface area contributed by atoms with Gasteiger partial charge in [0, 0.05) is 43.6 Å². The van der Waals surface area contributed by atoms with Crippen molar-refractivity contribution in [2.45, 2.75) is 52.1 Å². The molecule has 0 spiro atoms. The van der Waals surface area contributed by atoms with Gasteiger partial charge in [-0.25, -0.2) is 4.68 Å². The maximum atomic E-state index is 12.7. The topological polar surface area (TPSA) is 88.5 Å². The third-order valence-corrected chi connectivity index (χ3v) is 6.64. The van der Waals surface area contributed by atoms with Crippen LogP contribution in [-0.2, 0) is 14.3 Å². The Kier molecular flexibility index (Phi) is 7.55. The van der Waals surface area contributed by atoms with E-state index in [1.807, 2.05) is 42.8 Å². The van der Waals surface area contributed by atoms with Crippen molar-refractivity contribution in [3.63, 3.8) is 0 Å². The van der Waals surface area contributed by atoms with E-state index in [1.165, 1.54) is 0 Å². The maximum Gasteiger partial charge on any atom is 0.224 e. The molecule has 0 saturated carbocycles. The standard InChI is InChI=1S/C24H32ClN5O3/c1-3-21(31)27-22-16(2)28-30(19-8-6-18(25)7-9-19)24(22)29-12-10-17(11-13-29)23(32)26-15-20-5-4-14-33-20/h6-9,17,20H,3-5,10-15H2,1-2H3,(H,26,32)(H,27,31)/t20-/m1/s1. The van der Waals surface area contributed by atoms with E-state index in [0.717, 1.165) is 55.2 Å². The van der Waals surface area contributed by atoms with E-state index in [0.29, 0.717) is 31.1 Å². The molecule has 9 heteroatoms. The summed E-state index contributed by atoms with van der Waals surface area (Å²) in [5, 5.41) is 11.5. The molecule has 4 rings (SSSR count). The fourth-order valence-corrected chi connectivity index (χ4v) is 4.59. The Labute approximate surface area is 199 Å². The van der Waals surface area contributed by atoms with Crippen LogP contribution in [0.5, 0.6) is 0 Å². The zero-order valence-electron chi connectivity index (χ0n) is 19.3. The first kappa shape index (κ1) is 23.6. The van der Waals surface area contributed by atoms with Crippen LogP contribution in [-0.4, -0.2) is 53.9 Å². The number of carbonyl (C=O) groups excluding carboxylic acids is 2. The summed E-state index contributed by atoms with van der Waals surface area (Å²) >= 11 is 6.08. The molecule has 0 radical (unpaired) electrons. The molecule has 0 unspecified atom stereocenters. The molecule has 1 atom stereocenters. The summed E-state index contributed by atoms with van der Waals surface area (Å²) in [7, 11) is 0. The number of hydrogen-bond donors (Lipinski definition) is 2. The van der Waals surface area contributed by atoms with Crippen LogP contribution in [0.4, 0.5) is 11.5 Å². The molecule has 8 nitrogen and oxygen atoms in total. The molecule has 0 aliphatic carbocycles. The molecule has 2 N–H and O–H groups in total. The molecule has 33 heavy (non-hydrogen) atoms. The highest BCUT2D eigenvalue weighted by molar-refractivity contribution is 6.30. The van der Waals surface area contributed by atoms with Crippen molar-refractivity contribution in [3.05, 3.63) is 35.0 Å². The Morgan fingerprint density at radius 2 is 1.91 bits per heavy atom. The minimum Gasteiger partial charge on any atom is -0.376 e. The van der Waals surface area contributed by atoms with Gasteiger partial charge in [0.25, 0.3) is 0 Å². The van der Waals surface area contributed by atoms with Crippen LogP contribution in [0.15, 0.2) is 24.3 Å². The molecule has 2 saturated heterocycles. The van der Waals surface area contributed by atoms with Crippen LogP contribution >= 0.6 is 11.6 Å².